The van der Waals surface area contributed by atoms with Crippen LogP contribution in [0.25, 0.3) is 5.69 Å². The fourth-order valence-electron chi connectivity index (χ4n) is 3.99. The number of aromatic nitrogens is 2. The molecule has 1 aliphatic heterocycles. The summed E-state index contributed by atoms with van der Waals surface area (Å²) in [6.45, 7) is 4.59. The molecule has 184 valence electrons. The van der Waals surface area contributed by atoms with Crippen molar-refractivity contribution < 1.29 is 9.53 Å². The average Bonchev–Trinajstić information content (AvgIpc) is 2.84. The van der Waals surface area contributed by atoms with Crippen molar-refractivity contribution in [2.45, 2.75) is 37.8 Å². The second kappa shape index (κ2) is 10.5. The molecule has 4 rings (SSSR count). The lowest BCUT2D eigenvalue weighted by Gasteiger charge is -2.29. The molecule has 0 saturated heterocycles. The van der Waals surface area contributed by atoms with Crippen LogP contribution in [0.4, 0.5) is 5.95 Å². The summed E-state index contributed by atoms with van der Waals surface area (Å²) in [4.78, 5) is 34.3. The van der Waals surface area contributed by atoms with Gasteiger partial charge in [-0.3, -0.25) is 9.59 Å². The van der Waals surface area contributed by atoms with Gasteiger partial charge < -0.3 is 15.0 Å². The summed E-state index contributed by atoms with van der Waals surface area (Å²) in [5.41, 5.74) is 2.15. The van der Waals surface area contributed by atoms with Gasteiger partial charge in [-0.25, -0.2) is 9.55 Å². The maximum Gasteiger partial charge on any atom is 0.263 e. The number of halogens is 2. The minimum absolute atomic E-state index is 0.0364. The van der Waals surface area contributed by atoms with E-state index in [4.69, 9.17) is 32.9 Å². The lowest BCUT2D eigenvalue weighted by atomic mass is 10.0. The van der Waals surface area contributed by atoms with Gasteiger partial charge in [-0.05, 0) is 56.9 Å². The molecule has 2 aromatic carbocycles. The molecule has 1 amide bonds. The molecule has 1 N–H and O–H groups in total. The summed E-state index contributed by atoms with van der Waals surface area (Å²) in [5, 5.41) is 4.01. The molecule has 3 aromatic rings. The van der Waals surface area contributed by atoms with Gasteiger partial charge in [0.05, 0.1) is 35.1 Å². The third kappa shape index (κ3) is 5.29. The number of thioether (sulfide) groups is 1. The Bertz CT molecular complexity index is 1320. The molecule has 0 bridgehead atoms. The van der Waals surface area contributed by atoms with Crippen LogP contribution in [-0.2, 0) is 13.0 Å². The zero-order valence-electron chi connectivity index (χ0n) is 19.9. The number of carbonyl (C=O) groups is 1. The van der Waals surface area contributed by atoms with Crippen molar-refractivity contribution in [3.8, 4) is 11.4 Å². The van der Waals surface area contributed by atoms with Gasteiger partial charge in [0.15, 0.2) is 0 Å². The molecule has 0 unspecified atom stereocenters. The van der Waals surface area contributed by atoms with E-state index in [1.807, 2.05) is 38.3 Å². The van der Waals surface area contributed by atoms with E-state index in [0.29, 0.717) is 57.2 Å². The van der Waals surface area contributed by atoms with Crippen molar-refractivity contribution >= 4 is 46.8 Å². The number of nitrogens with zero attached hydrogens (tertiary/aromatic N) is 3. The number of carbonyl (C=O) groups excluding carboxylic acids is 1. The number of hydrogen-bond acceptors (Lipinski definition) is 6. The number of benzene rings is 2. The lowest BCUT2D eigenvalue weighted by molar-refractivity contribution is 0.0731. The van der Waals surface area contributed by atoms with E-state index in [0.717, 1.165) is 4.90 Å². The molecule has 0 saturated carbocycles. The maximum absolute atomic E-state index is 13.7. The number of fused-ring (bicyclic) bond motifs is 1. The van der Waals surface area contributed by atoms with Gasteiger partial charge in [0, 0.05) is 34.7 Å². The van der Waals surface area contributed by atoms with Crippen LogP contribution in [0.3, 0.4) is 0 Å². The topological polar surface area (TPSA) is 76.5 Å². The maximum atomic E-state index is 13.7. The highest BCUT2D eigenvalue weighted by Gasteiger charge is 2.28. The number of methoxy groups -OCH3 is 1. The SMILES string of the molecule is COc1cc(SC)cc(-n2c(NC(C)C)nc3c(c2=O)CCN(C(=O)c2ccc(Cl)c(Cl)c2)C3)c1. The van der Waals surface area contributed by atoms with Crippen LogP contribution >= 0.6 is 35.0 Å². The van der Waals surface area contributed by atoms with Crippen molar-refractivity contribution in [2.75, 3.05) is 25.2 Å². The van der Waals surface area contributed by atoms with Gasteiger partial charge in [-0.15, -0.1) is 11.8 Å². The number of hydrogen-bond donors (Lipinski definition) is 1. The van der Waals surface area contributed by atoms with E-state index in [-0.39, 0.29) is 24.1 Å². The Morgan fingerprint density at radius 1 is 1.17 bits per heavy atom. The number of ether oxygens (including phenoxy) is 1. The Labute approximate surface area is 218 Å². The van der Waals surface area contributed by atoms with E-state index in [1.54, 1.807) is 46.5 Å². The lowest BCUT2D eigenvalue weighted by Crippen LogP contribution is -2.41. The van der Waals surface area contributed by atoms with Crippen LogP contribution in [-0.4, -0.2) is 46.3 Å². The molecule has 0 radical (unpaired) electrons. The number of anilines is 1. The monoisotopic (exact) mass is 532 g/mol. The minimum Gasteiger partial charge on any atom is -0.497 e. The standard InChI is InChI=1S/C25H26Cl2N4O3S/c1-14(2)28-25-29-22-13-30(23(32)15-5-6-20(26)21(27)9-15)8-7-19(22)24(33)31(25)16-10-17(34-3)12-18(11-16)35-4/h5-6,9-12,14H,7-8,13H2,1-4H3,(H,28,29). The minimum atomic E-state index is -0.184. The second-order valence-electron chi connectivity index (χ2n) is 8.48. The molecule has 35 heavy (non-hydrogen) atoms. The third-order valence-corrected chi connectivity index (χ3v) is 7.15. The molecule has 0 fully saturated rings. The molecular formula is C25H26Cl2N4O3S. The summed E-state index contributed by atoms with van der Waals surface area (Å²) in [6, 6.07) is 10.5. The predicted molar refractivity (Wildman–Crippen MR) is 142 cm³/mol. The fourth-order valence-corrected chi connectivity index (χ4v) is 4.76. The zero-order valence-corrected chi connectivity index (χ0v) is 22.2. The van der Waals surface area contributed by atoms with E-state index >= 15 is 0 Å². The highest BCUT2D eigenvalue weighted by atomic mass is 35.5. The Balaban J connectivity index is 1.77. The van der Waals surface area contributed by atoms with E-state index < -0.39 is 0 Å². The van der Waals surface area contributed by atoms with Crippen molar-refractivity contribution in [1.29, 1.82) is 0 Å². The van der Waals surface area contributed by atoms with Crippen molar-refractivity contribution in [3.05, 3.63) is 73.6 Å². The first-order chi connectivity index (χ1) is 16.7. The molecular weight excluding hydrogens is 507 g/mol. The molecule has 0 aliphatic carbocycles. The van der Waals surface area contributed by atoms with Gasteiger partial charge in [-0.1, -0.05) is 23.2 Å². The second-order valence-corrected chi connectivity index (χ2v) is 10.2. The molecule has 0 spiro atoms. The Kier molecular flexibility index (Phi) is 7.64. The Hall–Kier alpha value is -2.68. The van der Waals surface area contributed by atoms with Crippen molar-refractivity contribution in [1.82, 2.24) is 14.5 Å². The summed E-state index contributed by atoms with van der Waals surface area (Å²) < 4.78 is 7.05. The highest BCUT2D eigenvalue weighted by Crippen LogP contribution is 2.28. The van der Waals surface area contributed by atoms with Crippen LogP contribution in [0.15, 0.2) is 46.1 Å². The first-order valence-corrected chi connectivity index (χ1v) is 13.1. The third-order valence-electron chi connectivity index (χ3n) is 5.70. The van der Waals surface area contributed by atoms with Crippen LogP contribution in [0.1, 0.15) is 35.5 Å². The molecule has 0 atom stereocenters. The predicted octanol–water partition coefficient (Wildman–Crippen LogP) is 5.29. The largest absolute Gasteiger partial charge is 0.497 e. The summed E-state index contributed by atoms with van der Waals surface area (Å²) in [5.74, 6) is 0.897. The van der Waals surface area contributed by atoms with Crippen LogP contribution < -0.4 is 15.6 Å². The van der Waals surface area contributed by atoms with Gasteiger partial charge in [0.25, 0.3) is 11.5 Å². The van der Waals surface area contributed by atoms with Gasteiger partial charge in [-0.2, -0.15) is 0 Å². The van der Waals surface area contributed by atoms with Crippen LogP contribution in [0, 0.1) is 0 Å². The van der Waals surface area contributed by atoms with Crippen molar-refractivity contribution in [3.63, 3.8) is 0 Å². The van der Waals surface area contributed by atoms with Gasteiger partial charge >= 0.3 is 0 Å². The quantitative estimate of drug-likeness (QED) is 0.434. The first-order valence-electron chi connectivity index (χ1n) is 11.1. The normalized spacial score (nSPS) is 13.1. The smallest absolute Gasteiger partial charge is 0.263 e. The molecule has 2 heterocycles. The zero-order chi connectivity index (χ0) is 25.3. The first kappa shape index (κ1) is 25.4. The van der Waals surface area contributed by atoms with Gasteiger partial charge in [0.1, 0.15) is 5.75 Å². The number of nitrogens with one attached hydrogen (secondary N) is 1. The average molecular weight is 533 g/mol. The fraction of sp³-hybridized carbons (Fsp3) is 0.320. The Morgan fingerprint density at radius 3 is 2.60 bits per heavy atom. The molecule has 1 aromatic heterocycles. The molecule has 7 nitrogen and oxygen atoms in total. The van der Waals surface area contributed by atoms with E-state index in [2.05, 4.69) is 5.32 Å². The number of amides is 1. The highest BCUT2D eigenvalue weighted by molar-refractivity contribution is 7.98. The Morgan fingerprint density at radius 2 is 1.94 bits per heavy atom. The molecule has 1 aliphatic rings. The van der Waals surface area contributed by atoms with Crippen molar-refractivity contribution in [2.24, 2.45) is 0 Å². The van der Waals surface area contributed by atoms with Gasteiger partial charge in [0.2, 0.25) is 5.95 Å². The van der Waals surface area contributed by atoms with Crippen LogP contribution in [0.5, 0.6) is 5.75 Å². The van der Waals surface area contributed by atoms with E-state index in [1.165, 1.54) is 0 Å². The summed E-state index contributed by atoms with van der Waals surface area (Å²) in [7, 11) is 1.60. The van der Waals surface area contributed by atoms with Crippen LogP contribution in [0.2, 0.25) is 10.0 Å². The summed E-state index contributed by atoms with van der Waals surface area (Å²) in [6.07, 6.45) is 2.37. The summed E-state index contributed by atoms with van der Waals surface area (Å²) >= 11 is 13.7. The van der Waals surface area contributed by atoms with E-state index in [9.17, 15) is 9.59 Å². The number of rotatable bonds is 6. The molecule has 10 heteroatoms.